The molecule has 16 heteroatoms. The minimum absolute atomic E-state index is 0.0305. The van der Waals surface area contributed by atoms with Crippen LogP contribution in [0, 0.1) is 0 Å². The highest BCUT2D eigenvalue weighted by atomic mass is 19.4. The number of pyridine rings is 4. The molecule has 0 atom stereocenters. The number of carbonyl (C=O) groups excluding carboxylic acids is 1. The van der Waals surface area contributed by atoms with Gasteiger partial charge in [-0.1, -0.05) is 12.1 Å². The smallest absolute Gasteiger partial charge is 0.433 e. The maximum Gasteiger partial charge on any atom is 0.433 e. The first-order chi connectivity index (χ1) is 20.2. The quantitative estimate of drug-likeness (QED) is 0.210. The number of aromatic carboxylic acids is 1. The van der Waals surface area contributed by atoms with Gasteiger partial charge in [-0.05, 0) is 12.1 Å². The summed E-state index contributed by atoms with van der Waals surface area (Å²) in [7, 11) is 3.91. The van der Waals surface area contributed by atoms with Crippen molar-refractivity contribution in [3.05, 3.63) is 84.0 Å². The van der Waals surface area contributed by atoms with Crippen molar-refractivity contribution in [2.75, 3.05) is 21.3 Å². The molecule has 0 bridgehead atoms. The summed E-state index contributed by atoms with van der Waals surface area (Å²) >= 11 is 0. The van der Waals surface area contributed by atoms with Crippen molar-refractivity contribution in [3.63, 3.8) is 0 Å². The van der Waals surface area contributed by atoms with E-state index in [4.69, 9.17) is 14.6 Å². The lowest BCUT2D eigenvalue weighted by Gasteiger charge is -2.10. The average Bonchev–Trinajstić information content (AvgIpc) is 2.99. The molecule has 4 heterocycles. The highest BCUT2D eigenvalue weighted by Crippen LogP contribution is 2.34. The Bertz CT molecular complexity index is 1590. The maximum absolute atomic E-state index is 12.5. The Morgan fingerprint density at radius 3 is 1.40 bits per heavy atom. The second-order valence-electron chi connectivity index (χ2n) is 8.20. The highest BCUT2D eigenvalue weighted by Gasteiger charge is 2.33. The third-order valence-corrected chi connectivity index (χ3v) is 5.52. The Morgan fingerprint density at radius 1 is 0.651 bits per heavy atom. The number of aromatic nitrogens is 4. The second kappa shape index (κ2) is 13.1. The Morgan fingerprint density at radius 2 is 1.07 bits per heavy atom. The lowest BCUT2D eigenvalue weighted by molar-refractivity contribution is -0.141. The van der Waals surface area contributed by atoms with E-state index in [-0.39, 0.29) is 22.9 Å². The molecule has 0 aliphatic carbocycles. The number of esters is 1. The molecule has 43 heavy (non-hydrogen) atoms. The van der Waals surface area contributed by atoms with E-state index in [2.05, 4.69) is 24.7 Å². The van der Waals surface area contributed by atoms with Crippen LogP contribution >= 0.6 is 0 Å². The number of carboxylic acid groups (broad SMARTS) is 1. The first-order valence-corrected chi connectivity index (χ1v) is 11.7. The number of nitrogens with zero attached hydrogens (tertiary/aromatic N) is 4. The fourth-order valence-electron chi connectivity index (χ4n) is 3.42. The molecule has 0 spiro atoms. The van der Waals surface area contributed by atoms with Gasteiger partial charge in [0.2, 0.25) is 0 Å². The summed E-state index contributed by atoms with van der Waals surface area (Å²) in [5.41, 5.74) is -0.716. The molecular weight excluding hydrogens is 590 g/mol. The van der Waals surface area contributed by atoms with Gasteiger partial charge >= 0.3 is 24.3 Å². The monoisotopic (exact) mass is 610 g/mol. The van der Waals surface area contributed by atoms with Crippen LogP contribution in [0.4, 0.5) is 26.3 Å². The van der Waals surface area contributed by atoms with E-state index in [0.29, 0.717) is 22.3 Å². The van der Waals surface area contributed by atoms with Crippen LogP contribution in [0.25, 0.3) is 22.3 Å². The molecule has 0 unspecified atom stereocenters. The first-order valence-electron chi connectivity index (χ1n) is 11.7. The molecule has 4 rings (SSSR count). The summed E-state index contributed by atoms with van der Waals surface area (Å²) in [6, 6.07) is 6.71. The van der Waals surface area contributed by atoms with Gasteiger partial charge in [0.25, 0.3) is 0 Å². The van der Waals surface area contributed by atoms with Crippen LogP contribution in [0.3, 0.4) is 0 Å². The molecule has 0 radical (unpaired) electrons. The Hall–Kier alpha value is -5.28. The van der Waals surface area contributed by atoms with Crippen LogP contribution in [0.2, 0.25) is 0 Å². The van der Waals surface area contributed by atoms with E-state index in [1.165, 1.54) is 58.0 Å². The van der Waals surface area contributed by atoms with Crippen molar-refractivity contribution in [1.82, 2.24) is 19.9 Å². The molecule has 10 nitrogen and oxygen atoms in total. The standard InChI is InChI=1S/C14H11F3N2O3.C13H9F3N2O3/c1-21-11-5-10(13(20)22-2)18-7-9(11)8-3-4-12(19-6-8)14(15,16)17;1-21-10-4-9(12(19)20)17-6-8(10)7-2-3-11(18-5-7)13(14,15)16/h3-7H,1-2H3;2-6H,1H3,(H,19,20). The first kappa shape index (κ1) is 32.2. The van der Waals surface area contributed by atoms with Gasteiger partial charge in [-0.2, -0.15) is 26.3 Å². The van der Waals surface area contributed by atoms with Crippen molar-refractivity contribution in [2.24, 2.45) is 0 Å². The van der Waals surface area contributed by atoms with Gasteiger partial charge < -0.3 is 19.3 Å². The molecule has 0 saturated carbocycles. The fraction of sp³-hybridized carbons (Fsp3) is 0.185. The number of ether oxygens (including phenoxy) is 3. The summed E-state index contributed by atoms with van der Waals surface area (Å²) in [5, 5.41) is 8.84. The van der Waals surface area contributed by atoms with Crippen molar-refractivity contribution >= 4 is 11.9 Å². The molecular formula is C27H20F6N4O6. The number of carbonyl (C=O) groups is 2. The van der Waals surface area contributed by atoms with Crippen LogP contribution < -0.4 is 9.47 Å². The van der Waals surface area contributed by atoms with Gasteiger partial charge in [-0.15, -0.1) is 0 Å². The van der Waals surface area contributed by atoms with E-state index in [1.807, 2.05) is 0 Å². The van der Waals surface area contributed by atoms with E-state index in [9.17, 15) is 35.9 Å². The molecule has 0 aliphatic rings. The molecule has 0 fully saturated rings. The summed E-state index contributed by atoms with van der Waals surface area (Å²) in [4.78, 5) is 36.5. The van der Waals surface area contributed by atoms with Crippen molar-refractivity contribution < 1.29 is 55.2 Å². The summed E-state index contributed by atoms with van der Waals surface area (Å²) in [6.07, 6.45) is -4.39. The van der Waals surface area contributed by atoms with Gasteiger partial charge in [0, 0.05) is 59.2 Å². The Balaban J connectivity index is 0.000000236. The maximum atomic E-state index is 12.5. The molecule has 4 aromatic rings. The predicted octanol–water partition coefficient (Wildman–Crippen LogP) is 5.83. The normalized spacial score (nSPS) is 11.2. The Kier molecular flexibility index (Phi) is 9.85. The van der Waals surface area contributed by atoms with E-state index in [0.717, 1.165) is 24.5 Å². The summed E-state index contributed by atoms with van der Waals surface area (Å²) in [5.74, 6) is -1.42. The molecule has 226 valence electrons. The topological polar surface area (TPSA) is 134 Å². The number of carboxylic acids is 1. The number of hydrogen-bond donors (Lipinski definition) is 1. The van der Waals surface area contributed by atoms with Crippen molar-refractivity contribution in [3.8, 4) is 33.8 Å². The molecule has 1 N–H and O–H groups in total. The summed E-state index contributed by atoms with van der Waals surface area (Å²) < 4.78 is 89.5. The largest absolute Gasteiger partial charge is 0.496 e. The fourth-order valence-corrected chi connectivity index (χ4v) is 3.42. The molecule has 0 aromatic carbocycles. The van der Waals surface area contributed by atoms with Gasteiger partial charge in [-0.3, -0.25) is 9.97 Å². The molecule has 0 saturated heterocycles. The second-order valence-corrected chi connectivity index (χ2v) is 8.20. The average molecular weight is 610 g/mol. The molecule has 0 aliphatic heterocycles. The summed E-state index contributed by atoms with van der Waals surface area (Å²) in [6.45, 7) is 0. The lowest BCUT2D eigenvalue weighted by atomic mass is 10.1. The number of rotatable bonds is 6. The number of alkyl halides is 6. The van der Waals surface area contributed by atoms with Crippen LogP contribution in [0.1, 0.15) is 32.4 Å². The van der Waals surface area contributed by atoms with E-state index < -0.39 is 35.7 Å². The third-order valence-electron chi connectivity index (χ3n) is 5.52. The minimum atomic E-state index is -4.52. The van der Waals surface area contributed by atoms with Crippen LogP contribution in [0.15, 0.2) is 61.2 Å². The van der Waals surface area contributed by atoms with Crippen LogP contribution in [0.5, 0.6) is 11.5 Å². The SMILES string of the molecule is COC(=O)c1cc(OC)c(-c2ccc(C(F)(F)F)nc2)cn1.COc1cc(C(=O)O)ncc1-c1ccc(C(F)(F)F)nc1. The van der Waals surface area contributed by atoms with Gasteiger partial charge in [0.15, 0.2) is 11.4 Å². The van der Waals surface area contributed by atoms with Crippen LogP contribution in [-0.4, -0.2) is 58.3 Å². The zero-order valence-electron chi connectivity index (χ0n) is 22.3. The van der Waals surface area contributed by atoms with Gasteiger partial charge in [0.1, 0.15) is 22.9 Å². The minimum Gasteiger partial charge on any atom is -0.496 e. The number of halogens is 6. The lowest BCUT2D eigenvalue weighted by Crippen LogP contribution is -2.07. The third kappa shape index (κ3) is 7.93. The zero-order chi connectivity index (χ0) is 31.9. The van der Waals surface area contributed by atoms with Gasteiger partial charge in [-0.25, -0.2) is 19.6 Å². The Labute approximate surface area is 238 Å². The molecule has 0 amide bonds. The molecule has 4 aromatic heterocycles. The predicted molar refractivity (Wildman–Crippen MR) is 136 cm³/mol. The van der Waals surface area contributed by atoms with Gasteiger partial charge in [0.05, 0.1) is 21.3 Å². The van der Waals surface area contributed by atoms with E-state index in [1.54, 1.807) is 0 Å². The van der Waals surface area contributed by atoms with Crippen LogP contribution in [-0.2, 0) is 17.1 Å². The number of hydrogen-bond acceptors (Lipinski definition) is 9. The zero-order valence-corrected chi connectivity index (χ0v) is 22.3. The van der Waals surface area contributed by atoms with Crippen molar-refractivity contribution in [1.29, 1.82) is 0 Å². The van der Waals surface area contributed by atoms with Crippen molar-refractivity contribution in [2.45, 2.75) is 12.4 Å². The number of methoxy groups -OCH3 is 3. The highest BCUT2D eigenvalue weighted by molar-refractivity contribution is 5.89. The van der Waals surface area contributed by atoms with E-state index >= 15 is 0 Å².